The van der Waals surface area contributed by atoms with E-state index in [-0.39, 0.29) is 0 Å². The lowest BCUT2D eigenvalue weighted by atomic mass is 9.83. The summed E-state index contributed by atoms with van der Waals surface area (Å²) in [4.78, 5) is 2.60. The number of nitrogens with two attached hydrogens (primary N) is 1. The molecule has 0 aromatic heterocycles. The zero-order valence-electron chi connectivity index (χ0n) is 13.2. The van der Waals surface area contributed by atoms with E-state index in [1.54, 1.807) is 7.11 Å². The van der Waals surface area contributed by atoms with Crippen LogP contribution < -0.4 is 10.5 Å². The first-order chi connectivity index (χ1) is 9.58. The van der Waals surface area contributed by atoms with Crippen LogP contribution in [0.3, 0.4) is 0 Å². The van der Waals surface area contributed by atoms with Gasteiger partial charge < -0.3 is 10.5 Å². The lowest BCUT2D eigenvalue weighted by molar-refractivity contribution is 0.0665. The Labute approximate surface area is 123 Å². The number of benzene rings is 1. The molecular weight excluding hydrogens is 248 g/mol. The summed E-state index contributed by atoms with van der Waals surface area (Å²) in [5.74, 6) is 1.52. The van der Waals surface area contributed by atoms with Gasteiger partial charge in [-0.2, -0.15) is 0 Å². The average molecular weight is 276 g/mol. The van der Waals surface area contributed by atoms with Gasteiger partial charge in [0.05, 0.1) is 7.11 Å². The Morgan fingerprint density at radius 3 is 2.70 bits per heavy atom. The molecule has 20 heavy (non-hydrogen) atoms. The molecule has 0 saturated carbocycles. The van der Waals surface area contributed by atoms with Crippen LogP contribution in [0.4, 0.5) is 0 Å². The maximum atomic E-state index is 6.04. The van der Waals surface area contributed by atoms with Gasteiger partial charge in [-0.3, -0.25) is 4.90 Å². The fraction of sp³-hybridized carbons (Fsp3) is 0.647. The predicted octanol–water partition coefficient (Wildman–Crippen LogP) is 3.12. The molecule has 2 atom stereocenters. The minimum absolute atomic E-state index is 0.443. The number of hydrogen-bond acceptors (Lipinski definition) is 3. The normalized spacial score (nSPS) is 24.1. The Morgan fingerprint density at radius 2 is 2.15 bits per heavy atom. The Bertz CT molecular complexity index is 445. The van der Waals surface area contributed by atoms with Crippen molar-refractivity contribution in [2.24, 2.45) is 11.7 Å². The van der Waals surface area contributed by atoms with E-state index in [4.69, 9.17) is 10.5 Å². The third-order valence-corrected chi connectivity index (χ3v) is 4.52. The van der Waals surface area contributed by atoms with Gasteiger partial charge in [-0.1, -0.05) is 12.1 Å². The van der Waals surface area contributed by atoms with Gasteiger partial charge in [0.15, 0.2) is 0 Å². The number of likely N-dealkylation sites (tertiary alicyclic amines) is 1. The molecule has 1 saturated heterocycles. The highest BCUT2D eigenvalue weighted by atomic mass is 16.5. The van der Waals surface area contributed by atoms with Crippen LogP contribution in [-0.2, 0) is 0 Å². The maximum Gasteiger partial charge on any atom is 0.121 e. The number of nitrogens with zero attached hydrogens (tertiary/aromatic N) is 1. The van der Waals surface area contributed by atoms with Gasteiger partial charge in [0.25, 0.3) is 0 Å². The van der Waals surface area contributed by atoms with Crippen LogP contribution in [0.25, 0.3) is 0 Å². The first kappa shape index (κ1) is 15.3. The molecule has 3 heteroatoms. The molecule has 2 N–H and O–H groups in total. The summed E-state index contributed by atoms with van der Waals surface area (Å²) in [6, 6.07) is 7.56. The first-order valence-electron chi connectivity index (χ1n) is 7.68. The molecule has 1 aliphatic heterocycles. The van der Waals surface area contributed by atoms with Crippen molar-refractivity contribution < 1.29 is 4.74 Å². The minimum atomic E-state index is 0.443. The first-order valence-corrected chi connectivity index (χ1v) is 7.68. The average Bonchev–Trinajstić information content (AvgIpc) is 2.46. The molecule has 0 spiro atoms. The quantitative estimate of drug-likeness (QED) is 0.918. The van der Waals surface area contributed by atoms with Crippen LogP contribution in [0.15, 0.2) is 18.2 Å². The lowest BCUT2D eigenvalue weighted by Crippen LogP contribution is -2.45. The third kappa shape index (κ3) is 2.99. The number of ether oxygens (including phenoxy) is 1. The summed E-state index contributed by atoms with van der Waals surface area (Å²) in [7, 11) is 1.73. The Hall–Kier alpha value is -1.06. The number of aryl methyl sites for hydroxylation is 1. The van der Waals surface area contributed by atoms with Gasteiger partial charge in [-0.15, -0.1) is 0 Å². The van der Waals surface area contributed by atoms with E-state index in [1.807, 2.05) is 0 Å². The van der Waals surface area contributed by atoms with Crippen molar-refractivity contribution in [1.82, 2.24) is 4.90 Å². The second kappa shape index (κ2) is 6.59. The van der Waals surface area contributed by atoms with E-state index < -0.39 is 0 Å². The van der Waals surface area contributed by atoms with Crippen LogP contribution in [-0.4, -0.2) is 31.1 Å². The summed E-state index contributed by atoms with van der Waals surface area (Å²) < 4.78 is 5.38. The van der Waals surface area contributed by atoms with E-state index >= 15 is 0 Å². The zero-order chi connectivity index (χ0) is 14.7. The Balaban J connectivity index is 2.35. The molecule has 0 radical (unpaired) electrons. The van der Waals surface area contributed by atoms with E-state index in [2.05, 4.69) is 43.9 Å². The molecule has 1 aliphatic rings. The topological polar surface area (TPSA) is 38.5 Å². The smallest absolute Gasteiger partial charge is 0.121 e. The molecule has 1 fully saturated rings. The number of methoxy groups -OCH3 is 1. The summed E-state index contributed by atoms with van der Waals surface area (Å²) in [6.45, 7) is 8.61. The molecular formula is C17H28N2O. The van der Waals surface area contributed by atoms with Gasteiger partial charge in [-0.25, -0.2) is 0 Å². The fourth-order valence-corrected chi connectivity index (χ4v) is 3.48. The summed E-state index contributed by atoms with van der Waals surface area (Å²) in [5.41, 5.74) is 8.62. The summed E-state index contributed by atoms with van der Waals surface area (Å²) in [6.07, 6.45) is 2.49. The van der Waals surface area contributed by atoms with Crippen LogP contribution in [0.2, 0.25) is 0 Å². The molecule has 3 nitrogen and oxygen atoms in total. The van der Waals surface area contributed by atoms with Crippen LogP contribution in [0.5, 0.6) is 5.75 Å². The lowest BCUT2D eigenvalue weighted by Gasteiger charge is -2.44. The fourth-order valence-electron chi connectivity index (χ4n) is 3.48. The van der Waals surface area contributed by atoms with Crippen molar-refractivity contribution in [3.8, 4) is 5.75 Å². The second-order valence-corrected chi connectivity index (χ2v) is 6.14. The van der Waals surface area contributed by atoms with Crippen LogP contribution in [0, 0.1) is 12.8 Å². The van der Waals surface area contributed by atoms with Crippen LogP contribution >= 0.6 is 0 Å². The number of piperidine rings is 1. The van der Waals surface area contributed by atoms with Gasteiger partial charge in [0, 0.05) is 12.1 Å². The molecule has 0 bridgehead atoms. The van der Waals surface area contributed by atoms with E-state index in [9.17, 15) is 0 Å². The second-order valence-electron chi connectivity index (χ2n) is 6.14. The van der Waals surface area contributed by atoms with E-state index in [0.29, 0.717) is 18.0 Å². The van der Waals surface area contributed by atoms with Gasteiger partial charge in [0.2, 0.25) is 0 Å². The monoisotopic (exact) mass is 276 g/mol. The highest BCUT2D eigenvalue weighted by molar-refractivity contribution is 5.37. The van der Waals surface area contributed by atoms with Crippen LogP contribution in [0.1, 0.15) is 43.9 Å². The third-order valence-electron chi connectivity index (χ3n) is 4.52. The molecule has 1 aromatic carbocycles. The molecule has 2 rings (SSSR count). The van der Waals surface area contributed by atoms with Gasteiger partial charge in [0.1, 0.15) is 5.75 Å². The predicted molar refractivity (Wildman–Crippen MR) is 84.1 cm³/mol. The molecule has 0 amide bonds. The van der Waals surface area contributed by atoms with Crippen molar-refractivity contribution in [3.63, 3.8) is 0 Å². The Kier molecular flexibility index (Phi) is 5.06. The standard InChI is InChI=1S/C17H28N2O/c1-12(2)19-9-5-6-15(11-18)17(19)14-7-8-16(20-4)13(3)10-14/h7-8,10,12,15,17H,5-6,9,11,18H2,1-4H3. The number of rotatable bonds is 4. The summed E-state index contributed by atoms with van der Waals surface area (Å²) >= 11 is 0. The van der Waals surface area contributed by atoms with Gasteiger partial charge in [-0.05, 0) is 69.8 Å². The highest BCUT2D eigenvalue weighted by Crippen LogP contribution is 2.38. The highest BCUT2D eigenvalue weighted by Gasteiger charge is 2.33. The largest absolute Gasteiger partial charge is 0.496 e. The SMILES string of the molecule is COc1ccc(C2C(CN)CCCN2C(C)C)cc1C. The zero-order valence-corrected chi connectivity index (χ0v) is 13.2. The number of hydrogen-bond donors (Lipinski definition) is 1. The minimum Gasteiger partial charge on any atom is -0.496 e. The van der Waals surface area contributed by atoms with E-state index in [0.717, 1.165) is 12.3 Å². The van der Waals surface area contributed by atoms with Crippen molar-refractivity contribution in [1.29, 1.82) is 0 Å². The molecule has 0 aliphatic carbocycles. The summed E-state index contributed by atoms with van der Waals surface area (Å²) in [5, 5.41) is 0. The maximum absolute atomic E-state index is 6.04. The molecule has 112 valence electrons. The van der Waals surface area contributed by atoms with E-state index in [1.165, 1.54) is 30.5 Å². The molecule has 1 heterocycles. The van der Waals surface area contributed by atoms with Gasteiger partial charge >= 0.3 is 0 Å². The molecule has 2 unspecified atom stereocenters. The van der Waals surface area contributed by atoms with Crippen molar-refractivity contribution in [2.75, 3.05) is 20.2 Å². The van der Waals surface area contributed by atoms with Crippen molar-refractivity contribution in [2.45, 2.75) is 45.7 Å². The van der Waals surface area contributed by atoms with Crippen molar-refractivity contribution >= 4 is 0 Å². The molecule has 1 aromatic rings. The Morgan fingerprint density at radius 1 is 1.40 bits per heavy atom. The van der Waals surface area contributed by atoms with Crippen molar-refractivity contribution in [3.05, 3.63) is 29.3 Å².